The van der Waals surface area contributed by atoms with Gasteiger partial charge in [-0.15, -0.1) is 11.8 Å². The molecule has 1 aromatic carbocycles. The third-order valence-electron chi connectivity index (χ3n) is 4.10. The van der Waals surface area contributed by atoms with Crippen molar-refractivity contribution in [2.75, 3.05) is 13.2 Å². The Labute approximate surface area is 148 Å². The Balaban J connectivity index is 2.51. The van der Waals surface area contributed by atoms with Crippen molar-refractivity contribution in [3.05, 3.63) is 48.1 Å². The molecule has 1 heterocycles. The molecule has 0 aliphatic carbocycles. The molecule has 0 saturated heterocycles. The number of halogens is 2. The molecule has 0 saturated carbocycles. The summed E-state index contributed by atoms with van der Waals surface area (Å²) in [5.74, 6) is -1.64. The van der Waals surface area contributed by atoms with Crippen LogP contribution in [0, 0.1) is 11.6 Å². The number of hydrogen-bond acceptors (Lipinski definition) is 6. The van der Waals surface area contributed by atoms with E-state index in [0.29, 0.717) is 6.07 Å². The highest BCUT2D eigenvalue weighted by Crippen LogP contribution is 2.46. The number of aromatic nitrogens is 3. The van der Waals surface area contributed by atoms with E-state index in [4.69, 9.17) is 0 Å². The van der Waals surface area contributed by atoms with Crippen molar-refractivity contribution in [3.63, 3.8) is 0 Å². The Kier molecular flexibility index (Phi) is 6.15. The highest BCUT2D eigenvalue weighted by atomic mass is 32.2. The SMILES string of the molecule is CC(C)(SC(CO)CO)[C@@](O)(Cn1cncn1)c1ccc(F)cc1F. The van der Waals surface area contributed by atoms with Crippen LogP contribution >= 0.6 is 11.8 Å². The summed E-state index contributed by atoms with van der Waals surface area (Å²) in [7, 11) is 0. The molecule has 0 aliphatic heterocycles. The second-order valence-corrected chi connectivity index (χ2v) is 8.12. The molecule has 0 unspecified atom stereocenters. The minimum Gasteiger partial charge on any atom is -0.395 e. The Bertz CT molecular complexity index is 696. The second kappa shape index (κ2) is 7.77. The van der Waals surface area contributed by atoms with E-state index in [1.165, 1.54) is 23.4 Å². The van der Waals surface area contributed by atoms with Gasteiger partial charge in [0.15, 0.2) is 0 Å². The summed E-state index contributed by atoms with van der Waals surface area (Å²) in [6.07, 6.45) is 2.66. The van der Waals surface area contributed by atoms with Gasteiger partial charge in [0.05, 0.1) is 25.0 Å². The number of aliphatic hydroxyl groups is 3. The molecule has 0 aliphatic rings. The lowest BCUT2D eigenvalue weighted by Gasteiger charge is -2.44. The van der Waals surface area contributed by atoms with Crippen molar-refractivity contribution < 1.29 is 24.1 Å². The van der Waals surface area contributed by atoms with Crippen molar-refractivity contribution >= 4 is 11.8 Å². The first-order chi connectivity index (χ1) is 11.7. The number of rotatable bonds is 8. The first kappa shape index (κ1) is 19.8. The fourth-order valence-electron chi connectivity index (χ4n) is 2.62. The van der Waals surface area contributed by atoms with E-state index in [-0.39, 0.29) is 25.3 Å². The van der Waals surface area contributed by atoms with Gasteiger partial charge in [0, 0.05) is 16.4 Å². The van der Waals surface area contributed by atoms with Crippen LogP contribution < -0.4 is 0 Å². The molecule has 0 fully saturated rings. The minimum absolute atomic E-state index is 0.100. The van der Waals surface area contributed by atoms with E-state index in [0.717, 1.165) is 17.8 Å². The van der Waals surface area contributed by atoms with Crippen LogP contribution in [-0.2, 0) is 12.1 Å². The van der Waals surface area contributed by atoms with Gasteiger partial charge in [0.2, 0.25) is 0 Å². The third-order valence-corrected chi connectivity index (χ3v) is 5.66. The molecule has 0 spiro atoms. The molecule has 138 valence electrons. The predicted octanol–water partition coefficient (Wildman–Crippen LogP) is 1.31. The Hall–Kier alpha value is -1.55. The molecular weight excluding hydrogens is 352 g/mol. The second-order valence-electron chi connectivity index (χ2n) is 6.19. The average Bonchev–Trinajstić information content (AvgIpc) is 3.05. The minimum atomic E-state index is -1.81. The van der Waals surface area contributed by atoms with E-state index in [2.05, 4.69) is 10.1 Å². The summed E-state index contributed by atoms with van der Waals surface area (Å²) >= 11 is 1.11. The van der Waals surface area contributed by atoms with Gasteiger partial charge < -0.3 is 15.3 Å². The van der Waals surface area contributed by atoms with E-state index >= 15 is 0 Å². The zero-order valence-electron chi connectivity index (χ0n) is 13.9. The quantitative estimate of drug-likeness (QED) is 0.646. The molecule has 1 atom stereocenters. The number of hydrogen-bond donors (Lipinski definition) is 3. The number of thioether (sulfide) groups is 1. The van der Waals surface area contributed by atoms with Crippen LogP contribution in [0.2, 0.25) is 0 Å². The highest BCUT2D eigenvalue weighted by Gasteiger charge is 2.48. The average molecular weight is 373 g/mol. The summed E-state index contributed by atoms with van der Waals surface area (Å²) in [5, 5.41) is 33.6. The van der Waals surface area contributed by atoms with Gasteiger partial charge in [-0.1, -0.05) is 6.07 Å². The predicted molar refractivity (Wildman–Crippen MR) is 89.9 cm³/mol. The zero-order valence-corrected chi connectivity index (χ0v) is 14.7. The van der Waals surface area contributed by atoms with Crippen LogP contribution in [0.25, 0.3) is 0 Å². The maximum Gasteiger partial charge on any atom is 0.137 e. The van der Waals surface area contributed by atoms with E-state index < -0.39 is 27.2 Å². The molecule has 0 radical (unpaired) electrons. The van der Waals surface area contributed by atoms with Crippen LogP contribution in [0.4, 0.5) is 8.78 Å². The molecule has 6 nitrogen and oxygen atoms in total. The lowest BCUT2D eigenvalue weighted by molar-refractivity contribution is -0.0173. The molecule has 0 bridgehead atoms. The lowest BCUT2D eigenvalue weighted by Crippen LogP contribution is -2.50. The summed E-state index contributed by atoms with van der Waals surface area (Å²) in [4.78, 5) is 3.81. The molecule has 2 aromatic rings. The Morgan fingerprint density at radius 3 is 2.44 bits per heavy atom. The van der Waals surface area contributed by atoms with E-state index in [1.807, 2.05) is 0 Å². The van der Waals surface area contributed by atoms with Crippen LogP contribution in [0.3, 0.4) is 0 Å². The molecule has 3 N–H and O–H groups in total. The molecular formula is C16H21F2N3O3S. The van der Waals surface area contributed by atoms with Crippen LogP contribution in [0.15, 0.2) is 30.9 Å². The summed E-state index contributed by atoms with van der Waals surface area (Å²) < 4.78 is 28.0. The van der Waals surface area contributed by atoms with Crippen molar-refractivity contribution in [2.45, 2.75) is 36.0 Å². The summed E-state index contributed by atoms with van der Waals surface area (Å²) in [6, 6.07) is 2.97. The van der Waals surface area contributed by atoms with Crippen LogP contribution in [0.5, 0.6) is 0 Å². The molecule has 0 amide bonds. The fourth-order valence-corrected chi connectivity index (χ4v) is 3.97. The maximum atomic E-state index is 14.5. The number of benzene rings is 1. The van der Waals surface area contributed by atoms with Gasteiger partial charge >= 0.3 is 0 Å². The first-order valence-corrected chi connectivity index (χ1v) is 8.51. The Morgan fingerprint density at radius 1 is 1.24 bits per heavy atom. The number of nitrogens with zero attached hydrogens (tertiary/aromatic N) is 3. The van der Waals surface area contributed by atoms with Crippen LogP contribution in [0.1, 0.15) is 19.4 Å². The van der Waals surface area contributed by atoms with E-state index in [1.54, 1.807) is 13.8 Å². The van der Waals surface area contributed by atoms with Gasteiger partial charge in [-0.25, -0.2) is 18.4 Å². The maximum absolute atomic E-state index is 14.5. The van der Waals surface area contributed by atoms with Gasteiger partial charge in [0.25, 0.3) is 0 Å². The summed E-state index contributed by atoms with van der Waals surface area (Å²) in [5.41, 5.74) is -1.91. The van der Waals surface area contributed by atoms with Gasteiger partial charge in [-0.2, -0.15) is 5.10 Å². The Morgan fingerprint density at radius 2 is 1.92 bits per heavy atom. The van der Waals surface area contributed by atoms with Gasteiger partial charge in [0.1, 0.15) is 29.9 Å². The molecule has 2 rings (SSSR count). The molecule has 1 aromatic heterocycles. The van der Waals surface area contributed by atoms with Crippen molar-refractivity contribution in [1.29, 1.82) is 0 Å². The molecule has 9 heteroatoms. The van der Waals surface area contributed by atoms with Crippen molar-refractivity contribution in [1.82, 2.24) is 14.8 Å². The fraction of sp³-hybridized carbons (Fsp3) is 0.500. The normalized spacial score (nSPS) is 14.7. The summed E-state index contributed by atoms with van der Waals surface area (Å²) in [6.45, 7) is 2.57. The van der Waals surface area contributed by atoms with E-state index in [9.17, 15) is 24.1 Å². The first-order valence-electron chi connectivity index (χ1n) is 7.63. The zero-order chi connectivity index (χ0) is 18.7. The standard InChI is InChI=1S/C16H21F2N3O3S/c1-15(2,25-12(6-22)7-23)16(24,8-21-10-19-9-20-21)13-4-3-11(17)5-14(13)18/h3-5,9-10,12,22-24H,6-8H2,1-2H3/t16-/m1/s1. The molecule has 25 heavy (non-hydrogen) atoms. The van der Waals surface area contributed by atoms with Crippen LogP contribution in [-0.4, -0.2) is 53.3 Å². The van der Waals surface area contributed by atoms with Gasteiger partial charge in [-0.3, -0.25) is 0 Å². The smallest absolute Gasteiger partial charge is 0.137 e. The topological polar surface area (TPSA) is 91.4 Å². The largest absolute Gasteiger partial charge is 0.395 e. The van der Waals surface area contributed by atoms with Gasteiger partial charge in [-0.05, 0) is 19.9 Å². The number of aliphatic hydroxyl groups excluding tert-OH is 2. The van der Waals surface area contributed by atoms with Crippen molar-refractivity contribution in [3.8, 4) is 0 Å². The monoisotopic (exact) mass is 373 g/mol. The third kappa shape index (κ3) is 4.17. The van der Waals surface area contributed by atoms with Crippen molar-refractivity contribution in [2.24, 2.45) is 0 Å². The highest BCUT2D eigenvalue weighted by molar-refractivity contribution is 8.01. The lowest BCUT2D eigenvalue weighted by atomic mass is 9.82.